The van der Waals surface area contributed by atoms with Crippen LogP contribution >= 0.6 is 0 Å². The molecule has 0 radical (unpaired) electrons. The van der Waals surface area contributed by atoms with E-state index in [2.05, 4.69) is 0 Å². The van der Waals surface area contributed by atoms with Crippen molar-refractivity contribution in [2.45, 2.75) is 18.3 Å². The van der Waals surface area contributed by atoms with Crippen LogP contribution < -0.4 is 0 Å². The van der Waals surface area contributed by atoms with Gasteiger partial charge in [0.2, 0.25) is 0 Å². The summed E-state index contributed by atoms with van der Waals surface area (Å²) in [6.45, 7) is 0.791. The van der Waals surface area contributed by atoms with Crippen molar-refractivity contribution in [2.24, 2.45) is 0 Å². The van der Waals surface area contributed by atoms with E-state index >= 15 is 0 Å². The molecule has 0 amide bonds. The first kappa shape index (κ1) is 15.4. The molecule has 1 saturated heterocycles. The van der Waals surface area contributed by atoms with Gasteiger partial charge in [-0.1, -0.05) is 30.3 Å². The summed E-state index contributed by atoms with van der Waals surface area (Å²) in [6, 6.07) is 9.69. The Labute approximate surface area is 121 Å². The van der Waals surface area contributed by atoms with Crippen molar-refractivity contribution < 1.29 is 13.5 Å². The molecule has 0 saturated carbocycles. The van der Waals surface area contributed by atoms with Crippen LogP contribution in [0.4, 0.5) is 0 Å². The average molecular weight is 298 g/mol. The van der Waals surface area contributed by atoms with Crippen LogP contribution in [0.2, 0.25) is 0 Å². The van der Waals surface area contributed by atoms with Gasteiger partial charge in [-0.05, 0) is 18.4 Å². The summed E-state index contributed by atoms with van der Waals surface area (Å²) in [5.41, 5.74) is 0.504. The van der Waals surface area contributed by atoms with Crippen LogP contribution in [0.5, 0.6) is 0 Å². The van der Waals surface area contributed by atoms with E-state index in [1.807, 2.05) is 30.3 Å². The second-order valence-electron chi connectivity index (χ2n) is 5.53. The van der Waals surface area contributed by atoms with Crippen molar-refractivity contribution in [2.75, 3.05) is 33.8 Å². The third-order valence-corrected chi connectivity index (χ3v) is 5.91. The summed E-state index contributed by atoms with van der Waals surface area (Å²) in [7, 11) is -0.364. The highest BCUT2D eigenvalue weighted by molar-refractivity contribution is 7.86. The number of nitrogens with zero attached hydrogens (tertiary/aromatic N) is 2. The fourth-order valence-electron chi connectivity index (χ4n) is 2.77. The topological polar surface area (TPSA) is 60.9 Å². The molecule has 1 atom stereocenters. The van der Waals surface area contributed by atoms with Gasteiger partial charge in [0, 0.05) is 32.6 Å². The zero-order chi connectivity index (χ0) is 14.8. The molecule has 0 spiro atoms. The van der Waals surface area contributed by atoms with Gasteiger partial charge >= 0.3 is 0 Å². The van der Waals surface area contributed by atoms with Crippen LogP contribution in [-0.2, 0) is 15.6 Å². The zero-order valence-electron chi connectivity index (χ0n) is 12.0. The van der Waals surface area contributed by atoms with E-state index in [1.165, 1.54) is 22.7 Å². The highest BCUT2D eigenvalue weighted by Crippen LogP contribution is 2.34. The number of aliphatic hydroxyl groups excluding tert-OH is 1. The molecule has 0 aromatic heterocycles. The largest absolute Gasteiger partial charge is 0.395 e. The van der Waals surface area contributed by atoms with E-state index in [0.29, 0.717) is 13.1 Å². The number of benzene rings is 1. The van der Waals surface area contributed by atoms with Crippen molar-refractivity contribution in [1.29, 1.82) is 0 Å². The van der Waals surface area contributed by atoms with Crippen LogP contribution in [0, 0.1) is 0 Å². The van der Waals surface area contributed by atoms with Crippen LogP contribution in [0.15, 0.2) is 30.3 Å². The molecule has 0 bridgehead atoms. The van der Waals surface area contributed by atoms with Gasteiger partial charge in [0.1, 0.15) is 0 Å². The normalized spacial score (nSPS) is 25.0. The SMILES string of the molecule is CN(C)S(=O)(=O)N1CCC[C@@](CO)(c2ccccc2)C1. The highest BCUT2D eigenvalue weighted by atomic mass is 32.2. The molecule has 6 heteroatoms. The Morgan fingerprint density at radius 3 is 2.50 bits per heavy atom. The molecule has 1 aliphatic rings. The van der Waals surface area contributed by atoms with Gasteiger partial charge in [0.25, 0.3) is 10.2 Å². The first-order valence-electron chi connectivity index (χ1n) is 6.76. The fourth-order valence-corrected chi connectivity index (χ4v) is 4.00. The smallest absolute Gasteiger partial charge is 0.281 e. The summed E-state index contributed by atoms with van der Waals surface area (Å²) in [4.78, 5) is 0. The summed E-state index contributed by atoms with van der Waals surface area (Å²) < 4.78 is 27.3. The molecule has 1 aromatic rings. The lowest BCUT2D eigenvalue weighted by molar-refractivity contribution is 0.127. The number of hydrogen-bond acceptors (Lipinski definition) is 3. The monoisotopic (exact) mass is 298 g/mol. The standard InChI is InChI=1S/C14H22N2O3S/c1-15(2)20(18,19)16-10-6-9-14(11-16,12-17)13-7-4-3-5-8-13/h3-5,7-8,17H,6,9-12H2,1-2H3/t14-/m1/s1. The number of rotatable bonds is 4. The van der Waals surface area contributed by atoms with Gasteiger partial charge in [-0.15, -0.1) is 0 Å². The molecular weight excluding hydrogens is 276 g/mol. The van der Waals surface area contributed by atoms with E-state index in [0.717, 1.165) is 18.4 Å². The van der Waals surface area contributed by atoms with Crippen LogP contribution in [-0.4, -0.2) is 55.9 Å². The Balaban J connectivity index is 2.33. The van der Waals surface area contributed by atoms with Gasteiger partial charge in [0.05, 0.1) is 6.61 Å². The first-order valence-corrected chi connectivity index (χ1v) is 8.16. The second kappa shape index (κ2) is 5.81. The fraction of sp³-hybridized carbons (Fsp3) is 0.571. The van der Waals surface area contributed by atoms with Gasteiger partial charge < -0.3 is 5.11 Å². The van der Waals surface area contributed by atoms with Crippen molar-refractivity contribution in [3.8, 4) is 0 Å². The molecule has 5 nitrogen and oxygen atoms in total. The molecule has 1 fully saturated rings. The third-order valence-electron chi connectivity index (χ3n) is 4.02. The quantitative estimate of drug-likeness (QED) is 0.895. The maximum atomic E-state index is 12.3. The molecule has 2 rings (SSSR count). The molecule has 1 aromatic carbocycles. The van der Waals surface area contributed by atoms with Gasteiger partial charge in [0.15, 0.2) is 0 Å². The van der Waals surface area contributed by atoms with Crippen LogP contribution in [0.1, 0.15) is 18.4 Å². The average Bonchev–Trinajstić information content (AvgIpc) is 2.48. The second-order valence-corrected chi connectivity index (χ2v) is 7.67. The van der Waals surface area contributed by atoms with E-state index in [1.54, 1.807) is 0 Å². The summed E-state index contributed by atoms with van der Waals surface area (Å²) >= 11 is 0. The first-order chi connectivity index (χ1) is 9.42. The Bertz CT molecular complexity index is 545. The van der Waals surface area contributed by atoms with Crippen LogP contribution in [0.25, 0.3) is 0 Å². The molecule has 0 aliphatic carbocycles. The third kappa shape index (κ3) is 2.74. The highest BCUT2D eigenvalue weighted by Gasteiger charge is 2.41. The lowest BCUT2D eigenvalue weighted by Gasteiger charge is -2.42. The number of aliphatic hydroxyl groups is 1. The summed E-state index contributed by atoms with van der Waals surface area (Å²) in [6.07, 6.45) is 1.55. The summed E-state index contributed by atoms with van der Waals surface area (Å²) in [5.74, 6) is 0. The maximum absolute atomic E-state index is 12.3. The predicted molar refractivity (Wildman–Crippen MR) is 78.6 cm³/mol. The van der Waals surface area contributed by atoms with Crippen molar-refractivity contribution in [3.05, 3.63) is 35.9 Å². The molecule has 1 N–H and O–H groups in total. The minimum Gasteiger partial charge on any atom is -0.395 e. The van der Waals surface area contributed by atoms with Crippen molar-refractivity contribution >= 4 is 10.2 Å². The number of hydrogen-bond donors (Lipinski definition) is 1. The van der Waals surface area contributed by atoms with Gasteiger partial charge in [-0.2, -0.15) is 17.0 Å². The summed E-state index contributed by atoms with van der Waals surface area (Å²) in [5, 5.41) is 9.88. The van der Waals surface area contributed by atoms with E-state index in [9.17, 15) is 13.5 Å². The van der Waals surface area contributed by atoms with E-state index < -0.39 is 15.6 Å². The molecule has 1 aliphatic heterocycles. The van der Waals surface area contributed by atoms with Gasteiger partial charge in [-0.3, -0.25) is 0 Å². The lowest BCUT2D eigenvalue weighted by atomic mass is 9.75. The Hall–Kier alpha value is -0.950. The zero-order valence-corrected chi connectivity index (χ0v) is 12.8. The minimum atomic E-state index is -3.43. The Morgan fingerprint density at radius 1 is 1.30 bits per heavy atom. The lowest BCUT2D eigenvalue weighted by Crippen LogP contribution is -2.53. The molecule has 1 heterocycles. The van der Waals surface area contributed by atoms with Crippen molar-refractivity contribution in [3.63, 3.8) is 0 Å². The Morgan fingerprint density at radius 2 is 1.95 bits per heavy atom. The maximum Gasteiger partial charge on any atom is 0.281 e. The molecule has 0 unspecified atom stereocenters. The van der Waals surface area contributed by atoms with Gasteiger partial charge in [-0.25, -0.2) is 0 Å². The van der Waals surface area contributed by atoms with Crippen LogP contribution in [0.3, 0.4) is 0 Å². The van der Waals surface area contributed by atoms with E-state index in [-0.39, 0.29) is 6.61 Å². The Kier molecular flexibility index (Phi) is 4.49. The predicted octanol–water partition coefficient (Wildman–Crippen LogP) is 0.819. The number of piperidine rings is 1. The molecule has 112 valence electrons. The molecule has 20 heavy (non-hydrogen) atoms. The minimum absolute atomic E-state index is 0.0452. The van der Waals surface area contributed by atoms with E-state index in [4.69, 9.17) is 0 Å². The molecular formula is C14H22N2O3S. The van der Waals surface area contributed by atoms with Crippen molar-refractivity contribution in [1.82, 2.24) is 8.61 Å².